The Hall–Kier alpha value is -3.69. The van der Waals surface area contributed by atoms with Crippen LogP contribution in [-0.2, 0) is 35.0 Å². The maximum absolute atomic E-state index is 12.4. The van der Waals surface area contributed by atoms with Crippen LogP contribution in [0.25, 0.3) is 0 Å². The molecule has 10 nitrogen and oxygen atoms in total. The molecule has 1 aliphatic heterocycles. The van der Waals surface area contributed by atoms with Gasteiger partial charge in [0.15, 0.2) is 6.61 Å². The van der Waals surface area contributed by atoms with Gasteiger partial charge in [-0.3, -0.25) is 28.3 Å². The third-order valence-electron chi connectivity index (χ3n) is 5.10. The molecule has 10 heteroatoms. The number of nitrogens with zero attached hydrogens (tertiary/aromatic N) is 3. The number of rotatable bonds is 6. The number of amides is 1. The highest BCUT2D eigenvalue weighted by Gasteiger charge is 2.35. The van der Waals surface area contributed by atoms with Crippen molar-refractivity contribution in [3.8, 4) is 0 Å². The Morgan fingerprint density at radius 3 is 2.43 bits per heavy atom. The molecule has 1 fully saturated rings. The van der Waals surface area contributed by atoms with Crippen LogP contribution in [0.2, 0.25) is 0 Å². The van der Waals surface area contributed by atoms with Gasteiger partial charge in [0.1, 0.15) is 11.4 Å². The van der Waals surface area contributed by atoms with Crippen LogP contribution in [0.4, 0.5) is 5.82 Å². The van der Waals surface area contributed by atoms with Gasteiger partial charge in [0.05, 0.1) is 5.92 Å². The van der Waals surface area contributed by atoms with Gasteiger partial charge < -0.3 is 15.4 Å². The molecule has 1 atom stereocenters. The molecule has 3 rings (SSSR count). The highest BCUT2D eigenvalue weighted by atomic mass is 16.5. The second-order valence-corrected chi connectivity index (χ2v) is 7.16. The fourth-order valence-corrected chi connectivity index (χ4v) is 3.34. The van der Waals surface area contributed by atoms with Crippen LogP contribution in [0.3, 0.4) is 0 Å². The zero-order valence-corrected chi connectivity index (χ0v) is 16.7. The van der Waals surface area contributed by atoms with E-state index in [2.05, 4.69) is 0 Å². The zero-order chi connectivity index (χ0) is 22.0. The molecule has 2 heterocycles. The molecule has 1 aromatic carbocycles. The van der Waals surface area contributed by atoms with Crippen LogP contribution in [-0.4, -0.2) is 44.8 Å². The standard InChI is InChI=1S/C20H22N4O6/c1-22-17(21)16(18(27)23(2)20(22)29)14(25)11-30-19(28)13-8-15(26)24(10-13)9-12-6-4-3-5-7-12/h3-7,13H,8-11,21H2,1-2H3/t13-/m1/s1. The first-order valence-electron chi connectivity index (χ1n) is 9.27. The van der Waals surface area contributed by atoms with Crippen LogP contribution in [0.1, 0.15) is 22.3 Å². The Bertz CT molecular complexity index is 1120. The molecule has 2 N–H and O–H groups in total. The molecule has 0 bridgehead atoms. The number of Topliss-reactive ketones (excluding diaryl/α,β-unsaturated/α-hetero) is 1. The van der Waals surface area contributed by atoms with E-state index in [4.69, 9.17) is 10.5 Å². The number of benzene rings is 1. The summed E-state index contributed by atoms with van der Waals surface area (Å²) in [5.74, 6) is -2.69. The Morgan fingerprint density at radius 1 is 1.10 bits per heavy atom. The second-order valence-electron chi connectivity index (χ2n) is 7.16. The van der Waals surface area contributed by atoms with Crippen molar-refractivity contribution >= 4 is 23.5 Å². The number of anilines is 1. The predicted molar refractivity (Wildman–Crippen MR) is 107 cm³/mol. The van der Waals surface area contributed by atoms with E-state index in [9.17, 15) is 24.0 Å². The van der Waals surface area contributed by atoms with Gasteiger partial charge in [-0.05, 0) is 5.56 Å². The molecule has 1 aromatic heterocycles. The number of ether oxygens (including phenoxy) is 1. The Balaban J connectivity index is 1.64. The lowest BCUT2D eigenvalue weighted by Crippen LogP contribution is -2.42. The average Bonchev–Trinajstić information content (AvgIpc) is 3.10. The van der Waals surface area contributed by atoms with Crippen molar-refractivity contribution in [2.45, 2.75) is 13.0 Å². The third kappa shape index (κ3) is 4.02. The summed E-state index contributed by atoms with van der Waals surface area (Å²) >= 11 is 0. The van der Waals surface area contributed by atoms with E-state index >= 15 is 0 Å². The first-order valence-corrected chi connectivity index (χ1v) is 9.27. The second kappa shape index (κ2) is 8.36. The lowest BCUT2D eigenvalue weighted by atomic mass is 10.1. The summed E-state index contributed by atoms with van der Waals surface area (Å²) < 4.78 is 6.77. The number of carbonyl (C=O) groups excluding carboxylic acids is 3. The van der Waals surface area contributed by atoms with Crippen LogP contribution in [0, 0.1) is 5.92 Å². The SMILES string of the molecule is Cn1c(N)c(C(=O)COC(=O)[C@@H]2CC(=O)N(Cc3ccccc3)C2)c(=O)n(C)c1=O. The predicted octanol–water partition coefficient (Wildman–Crippen LogP) is -0.559. The fourth-order valence-electron chi connectivity index (χ4n) is 3.34. The number of likely N-dealkylation sites (tertiary alicyclic amines) is 1. The molecule has 0 unspecified atom stereocenters. The zero-order valence-electron chi connectivity index (χ0n) is 16.7. The highest BCUT2D eigenvalue weighted by Crippen LogP contribution is 2.21. The molecule has 0 spiro atoms. The molecule has 0 saturated carbocycles. The van der Waals surface area contributed by atoms with Gasteiger partial charge in [-0.15, -0.1) is 0 Å². The van der Waals surface area contributed by atoms with E-state index in [1.54, 1.807) is 4.90 Å². The molecular weight excluding hydrogens is 392 g/mol. The largest absolute Gasteiger partial charge is 0.457 e. The number of nitrogens with two attached hydrogens (primary N) is 1. The molecule has 0 radical (unpaired) electrons. The van der Waals surface area contributed by atoms with Crippen molar-refractivity contribution in [3.05, 3.63) is 62.3 Å². The molecule has 158 valence electrons. The lowest BCUT2D eigenvalue weighted by Gasteiger charge is -2.16. The van der Waals surface area contributed by atoms with E-state index in [1.165, 1.54) is 14.1 Å². The maximum Gasteiger partial charge on any atom is 0.332 e. The fraction of sp³-hybridized carbons (Fsp3) is 0.350. The normalized spacial score (nSPS) is 16.0. The van der Waals surface area contributed by atoms with E-state index in [0.29, 0.717) is 6.54 Å². The maximum atomic E-state index is 12.4. The molecule has 1 saturated heterocycles. The lowest BCUT2D eigenvalue weighted by molar-refractivity contribution is -0.147. The number of carbonyl (C=O) groups is 3. The van der Waals surface area contributed by atoms with Crippen LogP contribution >= 0.6 is 0 Å². The smallest absolute Gasteiger partial charge is 0.332 e. The molecule has 2 aromatic rings. The molecule has 1 aliphatic rings. The van der Waals surface area contributed by atoms with Gasteiger partial charge in [0.25, 0.3) is 5.56 Å². The molecule has 0 aliphatic carbocycles. The van der Waals surface area contributed by atoms with Gasteiger partial charge >= 0.3 is 11.7 Å². The van der Waals surface area contributed by atoms with Crippen molar-refractivity contribution in [3.63, 3.8) is 0 Å². The Kier molecular flexibility index (Phi) is 5.86. The number of esters is 1. The quantitative estimate of drug-likeness (QED) is 0.495. The molecule has 30 heavy (non-hydrogen) atoms. The van der Waals surface area contributed by atoms with Crippen molar-refractivity contribution in [2.24, 2.45) is 20.0 Å². The van der Waals surface area contributed by atoms with E-state index in [0.717, 1.165) is 14.7 Å². The van der Waals surface area contributed by atoms with Crippen LogP contribution in [0.15, 0.2) is 39.9 Å². The van der Waals surface area contributed by atoms with E-state index in [-0.39, 0.29) is 24.7 Å². The van der Waals surface area contributed by atoms with Crippen molar-refractivity contribution < 1.29 is 19.1 Å². The summed E-state index contributed by atoms with van der Waals surface area (Å²) in [5, 5.41) is 0. The van der Waals surface area contributed by atoms with E-state index < -0.39 is 41.1 Å². The van der Waals surface area contributed by atoms with Crippen molar-refractivity contribution in [2.75, 3.05) is 18.9 Å². The minimum Gasteiger partial charge on any atom is -0.457 e. The number of aromatic nitrogens is 2. The van der Waals surface area contributed by atoms with Gasteiger partial charge in [-0.25, -0.2) is 4.79 Å². The van der Waals surface area contributed by atoms with Crippen LogP contribution in [0.5, 0.6) is 0 Å². The summed E-state index contributed by atoms with van der Waals surface area (Å²) in [4.78, 5) is 62.6. The number of ketones is 1. The Morgan fingerprint density at radius 2 is 1.77 bits per heavy atom. The van der Waals surface area contributed by atoms with Gasteiger partial charge in [-0.2, -0.15) is 0 Å². The van der Waals surface area contributed by atoms with Crippen molar-refractivity contribution in [1.29, 1.82) is 0 Å². The first-order chi connectivity index (χ1) is 14.2. The summed E-state index contributed by atoms with van der Waals surface area (Å²) in [7, 11) is 2.55. The van der Waals surface area contributed by atoms with E-state index in [1.807, 2.05) is 30.3 Å². The minimum atomic E-state index is -0.860. The summed E-state index contributed by atoms with van der Waals surface area (Å²) in [6.45, 7) is -0.142. The van der Waals surface area contributed by atoms with Gasteiger partial charge in [0, 0.05) is 33.6 Å². The van der Waals surface area contributed by atoms with Gasteiger partial charge in [-0.1, -0.05) is 30.3 Å². The molecular formula is C20H22N4O6. The van der Waals surface area contributed by atoms with Gasteiger partial charge in [0.2, 0.25) is 11.7 Å². The summed E-state index contributed by atoms with van der Waals surface area (Å²) in [6.07, 6.45) is -0.0103. The number of hydrogen-bond donors (Lipinski definition) is 1. The number of hydrogen-bond acceptors (Lipinski definition) is 7. The summed E-state index contributed by atoms with van der Waals surface area (Å²) in [6, 6.07) is 9.37. The topological polar surface area (TPSA) is 134 Å². The number of nitrogen functional groups attached to an aromatic ring is 1. The van der Waals surface area contributed by atoms with Crippen molar-refractivity contribution in [1.82, 2.24) is 14.0 Å². The monoisotopic (exact) mass is 414 g/mol. The summed E-state index contributed by atoms with van der Waals surface area (Å²) in [5.41, 5.74) is 4.72. The Labute approximate surface area is 171 Å². The first kappa shape index (κ1) is 21.0. The third-order valence-corrected chi connectivity index (χ3v) is 5.10. The van der Waals surface area contributed by atoms with Crippen LogP contribution < -0.4 is 17.0 Å². The average molecular weight is 414 g/mol. The molecule has 1 amide bonds. The minimum absolute atomic E-state index is 0.0103. The highest BCUT2D eigenvalue weighted by molar-refractivity contribution is 6.01.